The minimum Gasteiger partial charge on any atom is -0.508 e. The van der Waals surface area contributed by atoms with E-state index < -0.39 is 0 Å². The summed E-state index contributed by atoms with van der Waals surface area (Å²) >= 11 is 1.46. The molecule has 6 heteroatoms. The average Bonchev–Trinajstić information content (AvgIpc) is 3.24. The van der Waals surface area contributed by atoms with Gasteiger partial charge in [-0.2, -0.15) is 0 Å². The maximum Gasteiger partial charge on any atom is 0.195 e. The molecule has 2 N–H and O–H groups in total. The van der Waals surface area contributed by atoms with Crippen molar-refractivity contribution < 1.29 is 19.7 Å². The van der Waals surface area contributed by atoms with Gasteiger partial charge in [-0.15, -0.1) is 11.3 Å². The van der Waals surface area contributed by atoms with Crippen LogP contribution in [-0.4, -0.2) is 47.1 Å². The van der Waals surface area contributed by atoms with E-state index in [2.05, 4.69) is 11.8 Å². The van der Waals surface area contributed by atoms with Crippen molar-refractivity contribution in [2.45, 2.75) is 19.8 Å². The number of aromatic hydroxyl groups is 2. The number of piperidine rings is 1. The quantitative estimate of drug-likeness (QED) is 0.299. The number of benzene rings is 3. The molecule has 1 fully saturated rings. The first-order valence-corrected chi connectivity index (χ1v) is 12.8. The van der Waals surface area contributed by atoms with Gasteiger partial charge in [0.2, 0.25) is 0 Å². The number of likely N-dealkylation sites (tertiary alicyclic amines) is 1. The van der Waals surface area contributed by atoms with Crippen LogP contribution >= 0.6 is 11.3 Å². The number of phenolic OH excluding ortho intramolecular Hbond substituents is 2. The first-order valence-electron chi connectivity index (χ1n) is 12.0. The van der Waals surface area contributed by atoms with E-state index in [1.54, 1.807) is 42.5 Å². The summed E-state index contributed by atoms with van der Waals surface area (Å²) in [6, 6.07) is 19.2. The number of thiophene rings is 1. The Labute approximate surface area is 209 Å². The maximum atomic E-state index is 13.7. The molecule has 0 amide bonds. The molecule has 5 rings (SSSR count). The van der Waals surface area contributed by atoms with Gasteiger partial charge < -0.3 is 14.9 Å². The van der Waals surface area contributed by atoms with Gasteiger partial charge in [-0.1, -0.05) is 6.92 Å². The molecule has 3 aromatic carbocycles. The summed E-state index contributed by atoms with van der Waals surface area (Å²) in [5.41, 5.74) is 2.03. The summed E-state index contributed by atoms with van der Waals surface area (Å²) in [6.45, 7) is 6.12. The van der Waals surface area contributed by atoms with Crippen LogP contribution in [0, 0.1) is 5.92 Å². The Hall–Kier alpha value is -3.35. The molecule has 1 saturated heterocycles. The van der Waals surface area contributed by atoms with Crippen molar-refractivity contribution in [3.05, 3.63) is 77.9 Å². The third kappa shape index (κ3) is 5.19. The lowest BCUT2D eigenvalue weighted by Gasteiger charge is -2.29. The molecule has 180 valence electrons. The summed E-state index contributed by atoms with van der Waals surface area (Å²) in [6.07, 6.45) is 2.50. The zero-order valence-corrected chi connectivity index (χ0v) is 20.6. The smallest absolute Gasteiger partial charge is 0.195 e. The van der Waals surface area contributed by atoms with E-state index in [1.165, 1.54) is 24.2 Å². The number of rotatable bonds is 7. The molecular weight excluding hydrogens is 458 g/mol. The van der Waals surface area contributed by atoms with Crippen LogP contribution in [0.5, 0.6) is 17.2 Å². The summed E-state index contributed by atoms with van der Waals surface area (Å²) in [7, 11) is 0. The molecule has 0 aliphatic carbocycles. The number of ether oxygens (including phenoxy) is 1. The van der Waals surface area contributed by atoms with E-state index in [1.807, 2.05) is 24.3 Å². The molecular formula is C29H29NO4S. The molecule has 0 radical (unpaired) electrons. The van der Waals surface area contributed by atoms with Crippen molar-refractivity contribution in [3.8, 4) is 27.7 Å². The predicted molar refractivity (Wildman–Crippen MR) is 141 cm³/mol. The van der Waals surface area contributed by atoms with Gasteiger partial charge in [0.05, 0.1) is 0 Å². The van der Waals surface area contributed by atoms with Gasteiger partial charge in [-0.25, -0.2) is 0 Å². The van der Waals surface area contributed by atoms with E-state index in [4.69, 9.17) is 4.74 Å². The molecule has 1 aromatic heterocycles. The zero-order chi connectivity index (χ0) is 24.4. The highest BCUT2D eigenvalue weighted by atomic mass is 32.1. The molecule has 35 heavy (non-hydrogen) atoms. The van der Waals surface area contributed by atoms with Gasteiger partial charge in [0.15, 0.2) is 5.78 Å². The fourth-order valence-electron chi connectivity index (χ4n) is 4.55. The van der Waals surface area contributed by atoms with Crippen LogP contribution in [0.3, 0.4) is 0 Å². The van der Waals surface area contributed by atoms with Crippen LogP contribution in [0.1, 0.15) is 35.7 Å². The highest BCUT2D eigenvalue weighted by molar-refractivity contribution is 7.22. The van der Waals surface area contributed by atoms with Gasteiger partial charge in [0.1, 0.15) is 23.9 Å². The lowest BCUT2D eigenvalue weighted by Crippen LogP contribution is -2.35. The molecule has 0 saturated carbocycles. The Kier molecular flexibility index (Phi) is 6.75. The van der Waals surface area contributed by atoms with Crippen molar-refractivity contribution in [1.29, 1.82) is 0 Å². The van der Waals surface area contributed by atoms with Gasteiger partial charge in [-0.05, 0) is 104 Å². The van der Waals surface area contributed by atoms with E-state index in [0.717, 1.165) is 51.8 Å². The largest absolute Gasteiger partial charge is 0.508 e. The van der Waals surface area contributed by atoms with E-state index in [-0.39, 0.29) is 17.3 Å². The number of nitrogens with zero attached hydrogens (tertiary/aromatic N) is 1. The molecule has 0 bridgehead atoms. The van der Waals surface area contributed by atoms with Gasteiger partial charge in [0, 0.05) is 32.6 Å². The Balaban J connectivity index is 1.36. The fourth-order valence-corrected chi connectivity index (χ4v) is 5.79. The highest BCUT2D eigenvalue weighted by Crippen LogP contribution is 2.41. The van der Waals surface area contributed by atoms with Crippen molar-refractivity contribution in [2.75, 3.05) is 26.2 Å². The van der Waals surface area contributed by atoms with Crippen LogP contribution in [0.2, 0.25) is 0 Å². The lowest BCUT2D eigenvalue weighted by molar-refractivity contribution is 0.104. The summed E-state index contributed by atoms with van der Waals surface area (Å²) in [5, 5.41) is 20.5. The Bertz CT molecular complexity index is 1320. The van der Waals surface area contributed by atoms with Crippen LogP contribution in [0.4, 0.5) is 0 Å². The molecule has 1 aliphatic rings. The minimum atomic E-state index is -0.0843. The third-order valence-electron chi connectivity index (χ3n) is 6.70. The average molecular weight is 488 g/mol. The highest BCUT2D eigenvalue weighted by Gasteiger charge is 2.22. The fraction of sp³-hybridized carbons (Fsp3) is 0.276. The van der Waals surface area contributed by atoms with Crippen molar-refractivity contribution in [2.24, 2.45) is 5.92 Å². The second kappa shape index (κ2) is 10.1. The van der Waals surface area contributed by atoms with Crippen molar-refractivity contribution in [3.63, 3.8) is 0 Å². The third-order valence-corrected chi connectivity index (χ3v) is 7.90. The Morgan fingerprint density at radius 3 is 2.37 bits per heavy atom. The first kappa shape index (κ1) is 23.4. The standard InChI is InChI=1S/C29H29NO4S/c1-19-12-14-30(15-13-19)16-17-34-24-9-4-20(5-10-24)28(33)27-25-11-8-23(32)18-26(25)35-29(27)21-2-6-22(31)7-3-21/h2-11,18-19,31-32H,12-17H2,1H3. The summed E-state index contributed by atoms with van der Waals surface area (Å²) < 4.78 is 6.78. The number of carbonyl (C=O) groups excluding carboxylic acids is 1. The van der Waals surface area contributed by atoms with Gasteiger partial charge >= 0.3 is 0 Å². The van der Waals surface area contributed by atoms with E-state index in [9.17, 15) is 15.0 Å². The van der Waals surface area contributed by atoms with Gasteiger partial charge in [0.25, 0.3) is 0 Å². The lowest BCUT2D eigenvalue weighted by atomic mass is 9.97. The maximum absolute atomic E-state index is 13.7. The molecule has 4 aromatic rings. The predicted octanol–water partition coefficient (Wildman–Crippen LogP) is 6.32. The molecule has 0 spiro atoms. The van der Waals surface area contributed by atoms with E-state index >= 15 is 0 Å². The molecule has 0 atom stereocenters. The second-order valence-corrected chi connectivity index (χ2v) is 10.3. The van der Waals surface area contributed by atoms with E-state index in [0.29, 0.717) is 17.7 Å². The Morgan fingerprint density at radius 2 is 1.66 bits per heavy atom. The molecule has 2 heterocycles. The van der Waals surface area contributed by atoms with Crippen LogP contribution < -0.4 is 4.74 Å². The number of phenols is 2. The second-order valence-electron chi connectivity index (χ2n) is 9.26. The number of hydrogen-bond donors (Lipinski definition) is 2. The first-order chi connectivity index (χ1) is 17.0. The monoisotopic (exact) mass is 487 g/mol. The van der Waals surface area contributed by atoms with Crippen LogP contribution in [0.15, 0.2) is 66.7 Å². The number of carbonyl (C=O) groups is 1. The number of ketones is 1. The number of hydrogen-bond acceptors (Lipinski definition) is 6. The van der Waals surface area contributed by atoms with Crippen LogP contribution in [-0.2, 0) is 0 Å². The minimum absolute atomic E-state index is 0.0843. The Morgan fingerprint density at radius 1 is 0.971 bits per heavy atom. The molecule has 5 nitrogen and oxygen atoms in total. The topological polar surface area (TPSA) is 70.0 Å². The van der Waals surface area contributed by atoms with Gasteiger partial charge in [-0.3, -0.25) is 9.69 Å². The number of fused-ring (bicyclic) bond motifs is 1. The summed E-state index contributed by atoms with van der Waals surface area (Å²) in [4.78, 5) is 16.9. The normalized spacial score (nSPS) is 14.9. The summed E-state index contributed by atoms with van der Waals surface area (Å²) in [5.74, 6) is 1.82. The van der Waals surface area contributed by atoms with Crippen molar-refractivity contribution in [1.82, 2.24) is 4.90 Å². The van der Waals surface area contributed by atoms with Crippen LogP contribution in [0.25, 0.3) is 20.5 Å². The SMILES string of the molecule is CC1CCN(CCOc2ccc(C(=O)c3c(-c4ccc(O)cc4)sc4cc(O)ccc34)cc2)CC1. The van der Waals surface area contributed by atoms with Crippen molar-refractivity contribution >= 4 is 27.2 Å². The zero-order valence-electron chi connectivity index (χ0n) is 19.7. The molecule has 1 aliphatic heterocycles. The molecule has 0 unspecified atom stereocenters.